The van der Waals surface area contributed by atoms with E-state index in [1.54, 1.807) is 7.11 Å². The van der Waals surface area contributed by atoms with Gasteiger partial charge < -0.3 is 19.7 Å². The average molecular weight is 366 g/mol. The molecule has 3 atom stereocenters. The summed E-state index contributed by atoms with van der Waals surface area (Å²) in [5.74, 6) is 0.522. The van der Waals surface area contributed by atoms with Crippen molar-refractivity contribution in [2.24, 2.45) is 0 Å². The molecule has 5 nitrogen and oxygen atoms in total. The molecule has 2 aliphatic rings. The third kappa shape index (κ3) is 3.65. The zero-order valence-corrected chi connectivity index (χ0v) is 16.1. The number of ether oxygens (including phenoxy) is 2. The highest BCUT2D eigenvalue weighted by Gasteiger charge is 2.29. The van der Waals surface area contributed by atoms with Crippen LogP contribution in [0.3, 0.4) is 0 Å². The van der Waals surface area contributed by atoms with Crippen LogP contribution in [0.2, 0.25) is 0 Å². The van der Waals surface area contributed by atoms with Crippen molar-refractivity contribution in [2.45, 2.75) is 38.5 Å². The third-order valence-corrected chi connectivity index (χ3v) is 5.36. The first-order chi connectivity index (χ1) is 13.0. The monoisotopic (exact) mass is 366 g/mol. The molecule has 1 fully saturated rings. The van der Waals surface area contributed by atoms with Crippen LogP contribution in [0, 0.1) is 0 Å². The SMILES string of the molecule is COc1cccc(C2Cc3ccc(N4C[C@@H](C)N[C@@H](C)C4)cc3C(=O)O2)c1. The number of cyclic esters (lactones) is 1. The lowest BCUT2D eigenvalue weighted by molar-refractivity contribution is 0.0252. The summed E-state index contributed by atoms with van der Waals surface area (Å²) in [6.45, 7) is 6.25. The van der Waals surface area contributed by atoms with E-state index in [0.29, 0.717) is 24.1 Å². The minimum Gasteiger partial charge on any atom is -0.497 e. The van der Waals surface area contributed by atoms with E-state index >= 15 is 0 Å². The molecular weight excluding hydrogens is 340 g/mol. The smallest absolute Gasteiger partial charge is 0.339 e. The zero-order valence-electron chi connectivity index (χ0n) is 16.1. The van der Waals surface area contributed by atoms with Crippen molar-refractivity contribution < 1.29 is 14.3 Å². The summed E-state index contributed by atoms with van der Waals surface area (Å²) in [7, 11) is 1.64. The highest BCUT2D eigenvalue weighted by atomic mass is 16.5. The van der Waals surface area contributed by atoms with Crippen molar-refractivity contribution in [3.8, 4) is 5.75 Å². The second-order valence-electron chi connectivity index (χ2n) is 7.59. The predicted octanol–water partition coefficient (Wildman–Crippen LogP) is 3.34. The molecule has 1 unspecified atom stereocenters. The van der Waals surface area contributed by atoms with Gasteiger partial charge in [-0.1, -0.05) is 18.2 Å². The van der Waals surface area contributed by atoms with Crippen molar-refractivity contribution in [1.29, 1.82) is 0 Å². The van der Waals surface area contributed by atoms with Gasteiger partial charge in [0.05, 0.1) is 12.7 Å². The molecule has 0 amide bonds. The Kier molecular flexibility index (Phi) is 4.79. The average Bonchev–Trinajstić information content (AvgIpc) is 2.67. The molecule has 0 saturated carbocycles. The zero-order chi connectivity index (χ0) is 19.0. The maximum atomic E-state index is 12.7. The molecule has 1 N–H and O–H groups in total. The van der Waals surface area contributed by atoms with Gasteiger partial charge in [-0.3, -0.25) is 0 Å². The van der Waals surface area contributed by atoms with E-state index in [1.807, 2.05) is 30.3 Å². The Morgan fingerprint density at radius 2 is 1.89 bits per heavy atom. The van der Waals surface area contributed by atoms with Crippen molar-refractivity contribution in [3.05, 3.63) is 59.2 Å². The molecule has 142 valence electrons. The number of carbonyl (C=O) groups is 1. The topological polar surface area (TPSA) is 50.8 Å². The van der Waals surface area contributed by atoms with Crippen molar-refractivity contribution in [1.82, 2.24) is 5.32 Å². The quantitative estimate of drug-likeness (QED) is 0.845. The number of nitrogens with zero attached hydrogens (tertiary/aromatic N) is 1. The van der Waals surface area contributed by atoms with Crippen LogP contribution in [0.25, 0.3) is 0 Å². The number of fused-ring (bicyclic) bond motifs is 1. The third-order valence-electron chi connectivity index (χ3n) is 5.36. The van der Waals surface area contributed by atoms with E-state index in [9.17, 15) is 4.79 Å². The second-order valence-corrected chi connectivity index (χ2v) is 7.59. The maximum absolute atomic E-state index is 12.7. The van der Waals surface area contributed by atoms with E-state index in [0.717, 1.165) is 35.7 Å². The number of hydrogen-bond acceptors (Lipinski definition) is 5. The Morgan fingerprint density at radius 1 is 1.11 bits per heavy atom. The molecule has 0 aliphatic carbocycles. The van der Waals surface area contributed by atoms with E-state index in [4.69, 9.17) is 9.47 Å². The minimum absolute atomic E-state index is 0.248. The van der Waals surface area contributed by atoms with Crippen LogP contribution in [-0.4, -0.2) is 38.3 Å². The molecule has 2 aromatic carbocycles. The predicted molar refractivity (Wildman–Crippen MR) is 106 cm³/mol. The lowest BCUT2D eigenvalue weighted by Crippen LogP contribution is -2.54. The lowest BCUT2D eigenvalue weighted by Gasteiger charge is -2.38. The largest absolute Gasteiger partial charge is 0.497 e. The van der Waals surface area contributed by atoms with Crippen molar-refractivity contribution in [2.75, 3.05) is 25.1 Å². The van der Waals surface area contributed by atoms with Gasteiger partial charge in [0.1, 0.15) is 11.9 Å². The number of carbonyl (C=O) groups excluding carboxylic acids is 1. The summed E-state index contributed by atoms with van der Waals surface area (Å²) >= 11 is 0. The van der Waals surface area contributed by atoms with Gasteiger partial charge in [0.2, 0.25) is 0 Å². The summed E-state index contributed by atoms with van der Waals surface area (Å²) in [6, 6.07) is 14.8. The van der Waals surface area contributed by atoms with Gasteiger partial charge in [0.15, 0.2) is 0 Å². The standard InChI is InChI=1S/C22H26N2O3/c1-14-12-24(13-15(2)23-14)18-8-7-16-10-21(27-22(25)20(16)11-18)17-5-4-6-19(9-17)26-3/h4-9,11,14-15,21,23H,10,12-13H2,1-3H3/t14-,15+,21?. The first-order valence-electron chi connectivity index (χ1n) is 9.52. The number of methoxy groups -OCH3 is 1. The number of piperazine rings is 1. The van der Waals surface area contributed by atoms with Gasteiger partial charge in [-0.05, 0) is 49.2 Å². The Balaban J connectivity index is 1.58. The molecule has 0 spiro atoms. The summed E-state index contributed by atoms with van der Waals surface area (Å²) in [5.41, 5.74) is 3.78. The van der Waals surface area contributed by atoms with Crippen LogP contribution in [0.15, 0.2) is 42.5 Å². The molecule has 2 aliphatic heterocycles. The number of hydrogen-bond donors (Lipinski definition) is 1. The first-order valence-corrected chi connectivity index (χ1v) is 9.52. The minimum atomic E-state index is -0.273. The molecule has 1 saturated heterocycles. The van der Waals surface area contributed by atoms with Gasteiger partial charge in [-0.25, -0.2) is 4.79 Å². The fourth-order valence-corrected chi connectivity index (χ4v) is 4.13. The van der Waals surface area contributed by atoms with Crippen molar-refractivity contribution >= 4 is 11.7 Å². The Bertz CT molecular complexity index is 841. The summed E-state index contributed by atoms with van der Waals surface area (Å²) < 4.78 is 11.0. The first kappa shape index (κ1) is 17.9. The number of nitrogens with one attached hydrogen (secondary N) is 1. The lowest BCUT2D eigenvalue weighted by atomic mass is 9.94. The van der Waals surface area contributed by atoms with Crippen LogP contribution < -0.4 is 15.0 Å². The summed E-state index contributed by atoms with van der Waals surface area (Å²) in [6.07, 6.45) is 0.410. The Hall–Kier alpha value is -2.53. The Morgan fingerprint density at radius 3 is 2.63 bits per heavy atom. The van der Waals surface area contributed by atoms with E-state index in [-0.39, 0.29) is 12.1 Å². The van der Waals surface area contributed by atoms with E-state index < -0.39 is 0 Å². The molecule has 27 heavy (non-hydrogen) atoms. The second kappa shape index (κ2) is 7.24. The molecular formula is C22H26N2O3. The van der Waals surface area contributed by atoms with Gasteiger partial charge in [0.25, 0.3) is 0 Å². The fourth-order valence-electron chi connectivity index (χ4n) is 4.13. The van der Waals surface area contributed by atoms with Crippen LogP contribution in [-0.2, 0) is 11.2 Å². The molecule has 0 aromatic heterocycles. The number of benzene rings is 2. The number of rotatable bonds is 3. The van der Waals surface area contributed by atoms with Crippen LogP contribution in [0.5, 0.6) is 5.75 Å². The van der Waals surface area contributed by atoms with Crippen LogP contribution in [0.1, 0.15) is 41.4 Å². The van der Waals surface area contributed by atoms with Crippen LogP contribution in [0.4, 0.5) is 5.69 Å². The summed E-state index contributed by atoms with van der Waals surface area (Å²) in [4.78, 5) is 15.0. The maximum Gasteiger partial charge on any atom is 0.339 e. The van der Waals surface area contributed by atoms with Crippen molar-refractivity contribution in [3.63, 3.8) is 0 Å². The van der Waals surface area contributed by atoms with Crippen LogP contribution >= 0.6 is 0 Å². The molecule has 0 radical (unpaired) electrons. The molecule has 2 heterocycles. The summed E-state index contributed by atoms with van der Waals surface area (Å²) in [5, 5.41) is 3.54. The molecule has 0 bridgehead atoms. The Labute approximate surface area is 160 Å². The van der Waals surface area contributed by atoms with Gasteiger partial charge in [-0.15, -0.1) is 0 Å². The normalized spacial score (nSPS) is 24.9. The van der Waals surface area contributed by atoms with Gasteiger partial charge >= 0.3 is 5.97 Å². The number of anilines is 1. The molecule has 4 rings (SSSR count). The fraction of sp³-hybridized carbons (Fsp3) is 0.409. The van der Waals surface area contributed by atoms with E-state index in [2.05, 4.69) is 36.2 Å². The van der Waals surface area contributed by atoms with Gasteiger partial charge in [0, 0.05) is 37.3 Å². The number of esters is 1. The van der Waals surface area contributed by atoms with E-state index in [1.165, 1.54) is 0 Å². The molecule has 5 heteroatoms. The van der Waals surface area contributed by atoms with Gasteiger partial charge in [-0.2, -0.15) is 0 Å². The molecule has 2 aromatic rings. The highest BCUT2D eigenvalue weighted by molar-refractivity contribution is 5.93. The highest BCUT2D eigenvalue weighted by Crippen LogP contribution is 2.34.